The van der Waals surface area contributed by atoms with E-state index in [1.165, 1.54) is 6.07 Å². The van der Waals surface area contributed by atoms with E-state index in [1.807, 2.05) is 30.3 Å². The molecule has 2 heterocycles. The Bertz CT molecular complexity index is 1000. The van der Waals surface area contributed by atoms with E-state index < -0.39 is 5.82 Å². The number of rotatable bonds is 4. The van der Waals surface area contributed by atoms with Crippen molar-refractivity contribution >= 4 is 39.8 Å². The third-order valence-electron chi connectivity index (χ3n) is 4.89. The van der Waals surface area contributed by atoms with Crippen molar-refractivity contribution in [1.29, 1.82) is 0 Å². The Labute approximate surface area is 167 Å². The minimum absolute atomic E-state index is 0.209. The fourth-order valence-corrected chi connectivity index (χ4v) is 3.65. The maximum atomic E-state index is 13.7. The predicted molar refractivity (Wildman–Crippen MR) is 110 cm³/mol. The van der Waals surface area contributed by atoms with Gasteiger partial charge in [-0.15, -0.1) is 0 Å². The van der Waals surface area contributed by atoms with Crippen molar-refractivity contribution in [2.45, 2.75) is 0 Å². The van der Waals surface area contributed by atoms with E-state index in [0.717, 1.165) is 42.8 Å². The number of anilines is 2. The Morgan fingerprint density at radius 2 is 1.79 bits per heavy atom. The lowest BCUT2D eigenvalue weighted by atomic mass is 10.1. The molecule has 0 bridgehead atoms. The highest BCUT2D eigenvalue weighted by Gasteiger charge is 2.21. The Kier molecular flexibility index (Phi) is 5.41. The van der Waals surface area contributed by atoms with Crippen LogP contribution in [0.25, 0.3) is 10.8 Å². The van der Waals surface area contributed by atoms with Gasteiger partial charge in [0.25, 0.3) is 0 Å². The molecule has 1 amide bonds. The van der Waals surface area contributed by atoms with E-state index in [0.29, 0.717) is 5.15 Å². The second kappa shape index (κ2) is 8.12. The van der Waals surface area contributed by atoms with Crippen LogP contribution in [0.5, 0.6) is 0 Å². The van der Waals surface area contributed by atoms with Crippen LogP contribution in [0.4, 0.5) is 15.9 Å². The summed E-state index contributed by atoms with van der Waals surface area (Å²) in [7, 11) is 0. The third-order valence-corrected chi connectivity index (χ3v) is 5.18. The van der Waals surface area contributed by atoms with Crippen LogP contribution in [0, 0.1) is 5.82 Å². The van der Waals surface area contributed by atoms with Crippen molar-refractivity contribution in [3.63, 3.8) is 0 Å². The molecule has 1 aliphatic heterocycles. The first-order valence-corrected chi connectivity index (χ1v) is 9.55. The number of nitrogens with one attached hydrogen (secondary N) is 1. The Balaban J connectivity index is 1.36. The number of amides is 1. The lowest BCUT2D eigenvalue weighted by molar-refractivity contribution is -0.117. The van der Waals surface area contributed by atoms with Crippen molar-refractivity contribution in [3.05, 3.63) is 65.6 Å². The molecule has 0 aliphatic carbocycles. The summed E-state index contributed by atoms with van der Waals surface area (Å²) in [5.74, 6) is 0.199. The molecular weight excluding hydrogens is 379 g/mol. The first-order valence-electron chi connectivity index (χ1n) is 9.17. The van der Waals surface area contributed by atoms with Crippen LogP contribution < -0.4 is 10.2 Å². The molecule has 0 unspecified atom stereocenters. The fourth-order valence-electron chi connectivity index (χ4n) is 3.40. The maximum Gasteiger partial charge on any atom is 0.238 e. The summed E-state index contributed by atoms with van der Waals surface area (Å²) in [6.45, 7) is 3.16. The summed E-state index contributed by atoms with van der Waals surface area (Å²) in [5.41, 5.74) is 0.209. The average molecular weight is 399 g/mol. The minimum atomic E-state index is -0.431. The normalized spacial score (nSPS) is 15.0. The Morgan fingerprint density at radius 3 is 2.57 bits per heavy atom. The number of pyridine rings is 1. The molecule has 0 saturated carbocycles. The maximum absolute atomic E-state index is 13.7. The first-order chi connectivity index (χ1) is 13.6. The number of hydrogen-bond acceptors (Lipinski definition) is 4. The molecule has 0 spiro atoms. The van der Waals surface area contributed by atoms with Gasteiger partial charge in [0.1, 0.15) is 16.8 Å². The highest BCUT2D eigenvalue weighted by molar-refractivity contribution is 6.34. The molecule has 0 atom stereocenters. The van der Waals surface area contributed by atoms with E-state index in [2.05, 4.69) is 20.1 Å². The van der Waals surface area contributed by atoms with Crippen LogP contribution >= 0.6 is 11.6 Å². The molecule has 7 heteroatoms. The minimum Gasteiger partial charge on any atom is -0.354 e. The third kappa shape index (κ3) is 4.08. The molecule has 28 heavy (non-hydrogen) atoms. The quantitative estimate of drug-likeness (QED) is 0.679. The van der Waals surface area contributed by atoms with Crippen LogP contribution in [0.1, 0.15) is 0 Å². The Hall–Kier alpha value is -2.70. The number of halogens is 2. The zero-order valence-corrected chi connectivity index (χ0v) is 16.0. The summed E-state index contributed by atoms with van der Waals surface area (Å²) in [6.07, 6.45) is 0. The highest BCUT2D eigenvalue weighted by atomic mass is 35.5. The van der Waals surface area contributed by atoms with Crippen LogP contribution in [0.15, 0.2) is 54.6 Å². The Morgan fingerprint density at radius 1 is 1.07 bits per heavy atom. The van der Waals surface area contributed by atoms with Gasteiger partial charge < -0.3 is 10.2 Å². The standard InChI is InChI=1S/C21H20ClFN4O/c22-21-16-6-2-1-5-15(16)13-19(25-21)27-11-9-26(10-12-27)14-20(28)24-18-8-4-3-7-17(18)23/h1-8,13H,9-12,14H2,(H,24,28). The van der Waals surface area contributed by atoms with Gasteiger partial charge in [-0.25, -0.2) is 9.37 Å². The molecule has 4 rings (SSSR count). The second-order valence-electron chi connectivity index (χ2n) is 6.78. The molecule has 1 saturated heterocycles. The van der Waals surface area contributed by atoms with Gasteiger partial charge in [0.05, 0.1) is 12.2 Å². The van der Waals surface area contributed by atoms with Crippen molar-refractivity contribution in [2.24, 2.45) is 0 Å². The molecule has 1 N–H and O–H groups in total. The molecule has 1 aromatic heterocycles. The molecular formula is C21H20ClFN4O. The summed E-state index contributed by atoms with van der Waals surface area (Å²) in [5, 5.41) is 5.13. The number of piperazine rings is 1. The zero-order valence-electron chi connectivity index (χ0n) is 15.2. The molecule has 5 nitrogen and oxygen atoms in total. The number of nitrogens with zero attached hydrogens (tertiary/aromatic N) is 3. The van der Waals surface area contributed by atoms with Gasteiger partial charge in [0.15, 0.2) is 0 Å². The first kappa shape index (κ1) is 18.7. The number of aromatic nitrogens is 1. The van der Waals surface area contributed by atoms with Gasteiger partial charge in [-0.2, -0.15) is 0 Å². The summed E-state index contributed by atoms with van der Waals surface area (Å²) in [6, 6.07) is 16.1. The molecule has 2 aromatic carbocycles. The average Bonchev–Trinajstić information content (AvgIpc) is 2.70. The number of benzene rings is 2. The summed E-state index contributed by atoms with van der Waals surface area (Å²) >= 11 is 6.34. The van der Waals surface area contributed by atoms with Crippen molar-refractivity contribution < 1.29 is 9.18 Å². The van der Waals surface area contributed by atoms with Crippen molar-refractivity contribution in [3.8, 4) is 0 Å². The summed E-state index contributed by atoms with van der Waals surface area (Å²) in [4.78, 5) is 21.0. The van der Waals surface area contributed by atoms with Gasteiger partial charge in [-0.05, 0) is 23.6 Å². The second-order valence-corrected chi connectivity index (χ2v) is 7.14. The van der Waals surface area contributed by atoms with Crippen molar-refractivity contribution in [1.82, 2.24) is 9.88 Å². The topological polar surface area (TPSA) is 48.5 Å². The lowest BCUT2D eigenvalue weighted by Gasteiger charge is -2.35. The molecule has 1 aliphatic rings. The van der Waals surface area contributed by atoms with E-state index in [4.69, 9.17) is 11.6 Å². The van der Waals surface area contributed by atoms with Crippen LogP contribution in [0.2, 0.25) is 5.15 Å². The number of para-hydroxylation sites is 1. The van der Waals surface area contributed by atoms with Gasteiger partial charge in [-0.1, -0.05) is 48.0 Å². The van der Waals surface area contributed by atoms with Gasteiger partial charge in [-0.3, -0.25) is 9.69 Å². The molecule has 144 valence electrons. The molecule has 0 radical (unpaired) electrons. The SMILES string of the molecule is O=C(CN1CCN(c2cc3ccccc3c(Cl)n2)CC1)Nc1ccccc1F. The van der Waals surface area contributed by atoms with Crippen LogP contribution in [-0.4, -0.2) is 48.5 Å². The molecule has 1 fully saturated rings. The van der Waals surface area contributed by atoms with Crippen molar-refractivity contribution in [2.75, 3.05) is 42.9 Å². The van der Waals surface area contributed by atoms with Gasteiger partial charge >= 0.3 is 0 Å². The van der Waals surface area contributed by atoms with E-state index in [-0.39, 0.29) is 18.1 Å². The van der Waals surface area contributed by atoms with E-state index in [9.17, 15) is 9.18 Å². The zero-order chi connectivity index (χ0) is 19.5. The van der Waals surface area contributed by atoms with Gasteiger partial charge in [0.2, 0.25) is 5.91 Å². The van der Waals surface area contributed by atoms with E-state index >= 15 is 0 Å². The highest BCUT2D eigenvalue weighted by Crippen LogP contribution is 2.26. The number of carbonyl (C=O) groups excluding carboxylic acids is 1. The van der Waals surface area contributed by atoms with Crippen LogP contribution in [-0.2, 0) is 4.79 Å². The number of fused-ring (bicyclic) bond motifs is 1. The lowest BCUT2D eigenvalue weighted by Crippen LogP contribution is -2.49. The predicted octanol–water partition coefficient (Wildman–Crippen LogP) is 3.79. The fraction of sp³-hybridized carbons (Fsp3) is 0.238. The molecule has 3 aromatic rings. The largest absolute Gasteiger partial charge is 0.354 e. The van der Waals surface area contributed by atoms with Gasteiger partial charge in [0, 0.05) is 31.6 Å². The van der Waals surface area contributed by atoms with Crippen LogP contribution in [0.3, 0.4) is 0 Å². The number of hydrogen-bond donors (Lipinski definition) is 1. The number of carbonyl (C=O) groups is 1. The smallest absolute Gasteiger partial charge is 0.238 e. The van der Waals surface area contributed by atoms with E-state index in [1.54, 1.807) is 18.2 Å². The summed E-state index contributed by atoms with van der Waals surface area (Å²) < 4.78 is 13.7. The monoisotopic (exact) mass is 398 g/mol.